The van der Waals surface area contributed by atoms with Crippen LogP contribution in [0, 0.1) is 13.8 Å². The van der Waals surface area contributed by atoms with Crippen molar-refractivity contribution in [2.75, 3.05) is 19.2 Å². The lowest BCUT2D eigenvalue weighted by molar-refractivity contribution is -0.123. The minimum absolute atomic E-state index is 0.0978. The number of anilines is 1. The van der Waals surface area contributed by atoms with Crippen molar-refractivity contribution in [2.24, 2.45) is 0 Å². The molecule has 0 saturated carbocycles. The number of hydrogen-bond donors (Lipinski definition) is 2. The smallest absolute Gasteiger partial charge is 0.355 e. The maximum Gasteiger partial charge on any atom is 0.355 e. The first-order valence-corrected chi connectivity index (χ1v) is 8.50. The van der Waals surface area contributed by atoms with Crippen LogP contribution in [0.1, 0.15) is 39.0 Å². The summed E-state index contributed by atoms with van der Waals surface area (Å²) in [6.07, 6.45) is -1.07. The quantitative estimate of drug-likeness (QED) is 0.755. The van der Waals surface area contributed by atoms with Crippen molar-refractivity contribution in [3.63, 3.8) is 0 Å². The SMILES string of the molecule is COC(=O)c1c(C)[nH]c(C(=O)OC(C)C(=O)Nc2ccc3c(c2)OCO3)c1C. The number of rotatable bonds is 5. The first-order chi connectivity index (χ1) is 13.3. The second-order valence-electron chi connectivity index (χ2n) is 6.22. The molecule has 9 nitrogen and oxygen atoms in total. The van der Waals surface area contributed by atoms with Gasteiger partial charge in [0.2, 0.25) is 6.79 Å². The molecule has 0 bridgehead atoms. The number of carbonyl (C=O) groups is 3. The van der Waals surface area contributed by atoms with Crippen LogP contribution in [0.3, 0.4) is 0 Å². The molecule has 1 aromatic carbocycles. The van der Waals surface area contributed by atoms with Crippen LogP contribution < -0.4 is 14.8 Å². The first kappa shape index (κ1) is 19.3. The van der Waals surface area contributed by atoms with E-state index in [-0.39, 0.29) is 18.1 Å². The molecule has 1 aliphatic rings. The second kappa shape index (κ2) is 7.63. The molecule has 2 N–H and O–H groups in total. The van der Waals surface area contributed by atoms with Crippen molar-refractivity contribution in [2.45, 2.75) is 26.9 Å². The van der Waals surface area contributed by atoms with Gasteiger partial charge in [0.1, 0.15) is 5.69 Å². The van der Waals surface area contributed by atoms with Crippen LogP contribution in [-0.4, -0.2) is 42.8 Å². The topological polar surface area (TPSA) is 116 Å². The number of H-pyrrole nitrogens is 1. The summed E-state index contributed by atoms with van der Waals surface area (Å²) in [6.45, 7) is 4.82. The lowest BCUT2D eigenvalue weighted by atomic mass is 10.1. The zero-order valence-electron chi connectivity index (χ0n) is 15.9. The number of aryl methyl sites for hydroxylation is 1. The molecule has 0 radical (unpaired) electrons. The summed E-state index contributed by atoms with van der Waals surface area (Å²) in [6, 6.07) is 4.95. The van der Waals surface area contributed by atoms with E-state index in [1.54, 1.807) is 32.0 Å². The Kier molecular flexibility index (Phi) is 5.25. The van der Waals surface area contributed by atoms with Crippen molar-refractivity contribution in [3.8, 4) is 11.5 Å². The van der Waals surface area contributed by atoms with Gasteiger partial charge in [-0.1, -0.05) is 0 Å². The molecule has 148 valence electrons. The van der Waals surface area contributed by atoms with Crippen LogP contribution in [0.2, 0.25) is 0 Å². The molecule has 1 aliphatic heterocycles. The molecule has 1 amide bonds. The average molecular weight is 388 g/mol. The van der Waals surface area contributed by atoms with Gasteiger partial charge in [-0.2, -0.15) is 0 Å². The van der Waals surface area contributed by atoms with E-state index in [4.69, 9.17) is 18.9 Å². The summed E-state index contributed by atoms with van der Waals surface area (Å²) in [5.41, 5.74) is 1.73. The number of fused-ring (bicyclic) bond motifs is 1. The van der Waals surface area contributed by atoms with Gasteiger partial charge in [0, 0.05) is 17.4 Å². The third-order valence-electron chi connectivity index (χ3n) is 4.32. The maximum atomic E-state index is 12.4. The summed E-state index contributed by atoms with van der Waals surface area (Å²) in [7, 11) is 1.26. The Morgan fingerprint density at radius 3 is 2.57 bits per heavy atom. The molecule has 1 unspecified atom stereocenters. The van der Waals surface area contributed by atoms with E-state index in [9.17, 15) is 14.4 Å². The zero-order valence-corrected chi connectivity index (χ0v) is 15.9. The van der Waals surface area contributed by atoms with E-state index in [1.165, 1.54) is 14.0 Å². The number of esters is 2. The van der Waals surface area contributed by atoms with Gasteiger partial charge in [-0.3, -0.25) is 4.79 Å². The fraction of sp³-hybridized carbons (Fsp3) is 0.316. The third-order valence-corrected chi connectivity index (χ3v) is 4.32. The molecule has 0 spiro atoms. The zero-order chi connectivity index (χ0) is 20.4. The largest absolute Gasteiger partial charge is 0.465 e. The number of ether oxygens (including phenoxy) is 4. The molecule has 2 heterocycles. The monoisotopic (exact) mass is 388 g/mol. The Balaban J connectivity index is 1.67. The van der Waals surface area contributed by atoms with Crippen molar-refractivity contribution in [1.82, 2.24) is 4.98 Å². The molecular weight excluding hydrogens is 368 g/mol. The predicted molar refractivity (Wildman–Crippen MR) is 97.7 cm³/mol. The van der Waals surface area contributed by atoms with Crippen molar-refractivity contribution < 1.29 is 33.3 Å². The highest BCUT2D eigenvalue weighted by atomic mass is 16.7. The summed E-state index contributed by atoms with van der Waals surface area (Å²) >= 11 is 0. The van der Waals surface area contributed by atoms with E-state index >= 15 is 0 Å². The summed E-state index contributed by atoms with van der Waals surface area (Å²) in [5.74, 6) is -0.698. The van der Waals surface area contributed by atoms with Crippen LogP contribution in [0.15, 0.2) is 18.2 Å². The molecule has 0 saturated heterocycles. The normalized spacial score (nSPS) is 13.0. The van der Waals surface area contributed by atoms with Gasteiger partial charge in [-0.05, 0) is 38.5 Å². The molecular formula is C19H20N2O7. The number of aromatic nitrogens is 1. The number of nitrogens with one attached hydrogen (secondary N) is 2. The fourth-order valence-electron chi connectivity index (χ4n) is 2.85. The first-order valence-electron chi connectivity index (χ1n) is 8.50. The molecule has 2 aromatic rings. The van der Waals surface area contributed by atoms with Gasteiger partial charge in [0.25, 0.3) is 5.91 Å². The summed E-state index contributed by atoms with van der Waals surface area (Å²) < 4.78 is 20.4. The molecule has 0 aliphatic carbocycles. The Morgan fingerprint density at radius 1 is 1.14 bits per heavy atom. The predicted octanol–water partition coefficient (Wildman–Crippen LogP) is 2.33. The van der Waals surface area contributed by atoms with Crippen LogP contribution in [0.5, 0.6) is 11.5 Å². The van der Waals surface area contributed by atoms with E-state index in [0.717, 1.165) is 0 Å². The minimum atomic E-state index is -1.07. The maximum absolute atomic E-state index is 12.4. The second-order valence-corrected chi connectivity index (χ2v) is 6.22. The van der Waals surface area contributed by atoms with Crippen LogP contribution in [-0.2, 0) is 14.3 Å². The highest BCUT2D eigenvalue weighted by molar-refractivity contribution is 6.00. The molecule has 1 aromatic heterocycles. The fourth-order valence-corrected chi connectivity index (χ4v) is 2.85. The molecule has 1 atom stereocenters. The number of carbonyl (C=O) groups excluding carboxylic acids is 3. The average Bonchev–Trinajstić information content (AvgIpc) is 3.24. The summed E-state index contributed by atoms with van der Waals surface area (Å²) in [5, 5.41) is 2.65. The molecule has 3 rings (SSSR count). The number of amides is 1. The standard InChI is InChI=1S/C19H20N2O7/c1-9-15(18(23)25-4)10(2)20-16(9)19(24)28-11(3)17(22)21-12-5-6-13-14(7-12)27-8-26-13/h5-7,11,20H,8H2,1-4H3,(H,21,22). The third kappa shape index (κ3) is 3.64. The molecule has 28 heavy (non-hydrogen) atoms. The number of benzene rings is 1. The lowest BCUT2D eigenvalue weighted by Gasteiger charge is -2.13. The lowest BCUT2D eigenvalue weighted by Crippen LogP contribution is -2.30. The number of methoxy groups -OCH3 is 1. The van der Waals surface area contributed by atoms with E-state index in [1.807, 2.05) is 0 Å². The molecule has 9 heteroatoms. The highest BCUT2D eigenvalue weighted by Gasteiger charge is 2.26. The van der Waals surface area contributed by atoms with Gasteiger partial charge in [0.05, 0.1) is 12.7 Å². The van der Waals surface area contributed by atoms with Gasteiger partial charge >= 0.3 is 11.9 Å². The van der Waals surface area contributed by atoms with Gasteiger partial charge in [-0.25, -0.2) is 9.59 Å². The summed E-state index contributed by atoms with van der Waals surface area (Å²) in [4.78, 5) is 39.4. The number of hydrogen-bond acceptors (Lipinski definition) is 7. The van der Waals surface area contributed by atoms with Gasteiger partial charge in [-0.15, -0.1) is 0 Å². The van der Waals surface area contributed by atoms with Crippen molar-refractivity contribution >= 4 is 23.5 Å². The minimum Gasteiger partial charge on any atom is -0.465 e. The Hall–Kier alpha value is -3.49. The highest BCUT2D eigenvalue weighted by Crippen LogP contribution is 2.34. The van der Waals surface area contributed by atoms with E-state index in [0.29, 0.717) is 28.4 Å². The van der Waals surface area contributed by atoms with Crippen molar-refractivity contribution in [3.05, 3.63) is 40.7 Å². The van der Waals surface area contributed by atoms with E-state index in [2.05, 4.69) is 10.3 Å². The van der Waals surface area contributed by atoms with Gasteiger partial charge in [0.15, 0.2) is 17.6 Å². The molecule has 0 fully saturated rings. The van der Waals surface area contributed by atoms with Gasteiger partial charge < -0.3 is 29.2 Å². The van der Waals surface area contributed by atoms with Crippen molar-refractivity contribution in [1.29, 1.82) is 0 Å². The van der Waals surface area contributed by atoms with Crippen LogP contribution in [0.25, 0.3) is 0 Å². The van der Waals surface area contributed by atoms with Crippen LogP contribution in [0.4, 0.5) is 5.69 Å². The Bertz CT molecular complexity index is 948. The number of aromatic amines is 1. The Morgan fingerprint density at radius 2 is 1.86 bits per heavy atom. The van der Waals surface area contributed by atoms with Crippen LogP contribution >= 0.6 is 0 Å². The van der Waals surface area contributed by atoms with E-state index < -0.39 is 23.9 Å². The Labute approximate surface area is 160 Å².